The van der Waals surface area contributed by atoms with Gasteiger partial charge in [-0.05, 0) is 12.8 Å². The highest BCUT2D eigenvalue weighted by atomic mass is 32.2. The predicted molar refractivity (Wildman–Crippen MR) is 209 cm³/mol. The molecule has 0 bridgehead atoms. The van der Waals surface area contributed by atoms with Crippen molar-refractivity contribution in [3.05, 3.63) is 0 Å². The third kappa shape index (κ3) is 27.3. The molecule has 1 rings (SSSR count). The summed E-state index contributed by atoms with van der Waals surface area (Å²) in [6.07, 6.45) is 21.2. The maximum Gasteiger partial charge on any atom is 0.306 e. The van der Waals surface area contributed by atoms with Gasteiger partial charge in [0.05, 0.1) is 22.5 Å². The SMILES string of the molecule is CCCCCCCCCCCCCCCC(=O)OCC(CO[C@H]1O[C@H](CS(=O)(=O)[O-])[C@@H](O)[C@H](O)[C@H]1O)OC(=O)CCCCCCCCCCCCCCC. The molecule has 0 radical (unpaired) electrons. The molecule has 0 aromatic heterocycles. The van der Waals surface area contributed by atoms with Crippen molar-refractivity contribution in [3.8, 4) is 0 Å². The van der Waals surface area contributed by atoms with E-state index in [0.29, 0.717) is 12.8 Å². The average Bonchev–Trinajstić information content (AvgIpc) is 3.13. The zero-order valence-corrected chi connectivity index (χ0v) is 34.6. The highest BCUT2D eigenvalue weighted by molar-refractivity contribution is 7.85. The van der Waals surface area contributed by atoms with Crippen molar-refractivity contribution in [1.29, 1.82) is 0 Å². The number of aliphatic hydroxyl groups is 3. The lowest BCUT2D eigenvalue weighted by Gasteiger charge is -2.40. The van der Waals surface area contributed by atoms with Gasteiger partial charge >= 0.3 is 11.9 Å². The van der Waals surface area contributed by atoms with Crippen molar-refractivity contribution in [2.45, 2.75) is 230 Å². The Labute approximate surface area is 327 Å². The number of carbonyl (C=O) groups is 2. The van der Waals surface area contributed by atoms with Crippen molar-refractivity contribution in [3.63, 3.8) is 0 Å². The zero-order chi connectivity index (χ0) is 39.9. The fraction of sp³-hybridized carbons (Fsp3) is 0.951. The summed E-state index contributed by atoms with van der Waals surface area (Å²) in [5, 5.41) is 30.7. The molecular weight excluding hydrogens is 717 g/mol. The summed E-state index contributed by atoms with van der Waals surface area (Å²) >= 11 is 0. The summed E-state index contributed by atoms with van der Waals surface area (Å²) < 4.78 is 55.7. The van der Waals surface area contributed by atoms with Gasteiger partial charge in [-0.3, -0.25) is 9.59 Å². The van der Waals surface area contributed by atoms with Crippen LogP contribution in [0, 0.1) is 0 Å². The van der Waals surface area contributed by atoms with Crippen LogP contribution in [0.2, 0.25) is 0 Å². The van der Waals surface area contributed by atoms with E-state index < -0.39 is 71.2 Å². The van der Waals surface area contributed by atoms with Crippen molar-refractivity contribution >= 4 is 22.1 Å². The second-order valence-electron chi connectivity index (χ2n) is 15.4. The summed E-state index contributed by atoms with van der Waals surface area (Å²) in [7, 11) is -4.84. The average molecular weight is 794 g/mol. The van der Waals surface area contributed by atoms with Gasteiger partial charge in [-0.25, -0.2) is 8.42 Å². The van der Waals surface area contributed by atoms with Crippen LogP contribution in [0.5, 0.6) is 0 Å². The molecule has 1 aliphatic heterocycles. The molecular formula is C41H77O12S-. The Hall–Kier alpha value is -1.35. The molecule has 0 amide bonds. The molecule has 1 aliphatic rings. The highest BCUT2D eigenvalue weighted by Crippen LogP contribution is 2.24. The molecule has 12 nitrogen and oxygen atoms in total. The van der Waals surface area contributed by atoms with Crippen LogP contribution in [0.3, 0.4) is 0 Å². The molecule has 54 heavy (non-hydrogen) atoms. The molecule has 0 aromatic rings. The maximum absolute atomic E-state index is 12.8. The van der Waals surface area contributed by atoms with E-state index in [0.717, 1.165) is 38.5 Å². The first-order valence-electron chi connectivity index (χ1n) is 21.6. The Morgan fingerprint density at radius 3 is 1.37 bits per heavy atom. The molecule has 320 valence electrons. The van der Waals surface area contributed by atoms with Gasteiger partial charge in [-0.2, -0.15) is 0 Å². The standard InChI is InChI=1S/C41H78O12S/c1-3-5-7-9-11-13-15-17-19-21-23-25-27-29-36(42)50-31-34(32-51-41-40(46)39(45)38(44)35(53-41)33-54(47,48)49)52-37(43)30-28-26-24-22-20-18-16-14-12-10-8-6-4-2/h34-35,38-41,44-46H,3-33H2,1-2H3,(H,47,48,49)/p-1/t34?,35-,38-,39+,40-,41+/m1/s1. The molecule has 0 aliphatic carbocycles. The van der Waals surface area contributed by atoms with E-state index >= 15 is 0 Å². The largest absolute Gasteiger partial charge is 0.748 e. The zero-order valence-electron chi connectivity index (χ0n) is 33.8. The van der Waals surface area contributed by atoms with Crippen molar-refractivity contribution in [2.75, 3.05) is 19.0 Å². The van der Waals surface area contributed by atoms with Crippen LogP contribution < -0.4 is 0 Å². The summed E-state index contributed by atoms with van der Waals surface area (Å²) in [6.45, 7) is 3.73. The van der Waals surface area contributed by atoms with Gasteiger partial charge in [-0.1, -0.05) is 168 Å². The fourth-order valence-electron chi connectivity index (χ4n) is 6.79. The summed E-state index contributed by atoms with van der Waals surface area (Å²) in [5.41, 5.74) is 0. The number of carbonyl (C=O) groups excluding carboxylic acids is 2. The first-order chi connectivity index (χ1) is 26.0. The number of unbranched alkanes of at least 4 members (excludes halogenated alkanes) is 24. The van der Waals surface area contributed by atoms with Gasteiger partial charge in [0.15, 0.2) is 12.4 Å². The minimum atomic E-state index is -4.84. The quantitative estimate of drug-likeness (QED) is 0.0318. The molecule has 6 atom stereocenters. The normalized spacial score (nSPS) is 20.9. The Morgan fingerprint density at radius 2 is 0.963 bits per heavy atom. The third-order valence-corrected chi connectivity index (χ3v) is 10.9. The smallest absolute Gasteiger partial charge is 0.306 e. The van der Waals surface area contributed by atoms with E-state index in [2.05, 4.69) is 13.8 Å². The second kappa shape index (κ2) is 32.7. The topological polar surface area (TPSA) is 189 Å². The van der Waals surface area contributed by atoms with Crippen LogP contribution in [-0.2, 0) is 38.7 Å². The summed E-state index contributed by atoms with van der Waals surface area (Å²) in [6, 6.07) is 0. The van der Waals surface area contributed by atoms with E-state index in [1.54, 1.807) is 0 Å². The number of hydrogen-bond donors (Lipinski definition) is 3. The lowest BCUT2D eigenvalue weighted by atomic mass is 10.00. The van der Waals surface area contributed by atoms with E-state index in [-0.39, 0.29) is 19.4 Å². The van der Waals surface area contributed by atoms with Crippen molar-refractivity contribution in [1.82, 2.24) is 0 Å². The van der Waals surface area contributed by atoms with E-state index in [1.165, 1.54) is 116 Å². The van der Waals surface area contributed by atoms with Crippen LogP contribution in [0.15, 0.2) is 0 Å². The van der Waals surface area contributed by atoms with Crippen LogP contribution >= 0.6 is 0 Å². The number of esters is 2. The Kier molecular flexibility index (Phi) is 30.7. The first kappa shape index (κ1) is 50.7. The minimum Gasteiger partial charge on any atom is -0.748 e. The molecule has 1 heterocycles. The molecule has 0 aromatic carbocycles. The Morgan fingerprint density at radius 1 is 0.574 bits per heavy atom. The van der Waals surface area contributed by atoms with Crippen molar-refractivity contribution in [2.24, 2.45) is 0 Å². The maximum atomic E-state index is 12.8. The van der Waals surface area contributed by atoms with Crippen molar-refractivity contribution < 1.29 is 56.8 Å². The predicted octanol–water partition coefficient (Wildman–Crippen LogP) is 7.77. The van der Waals surface area contributed by atoms with Gasteiger partial charge in [0.25, 0.3) is 0 Å². The number of rotatable bonds is 36. The van der Waals surface area contributed by atoms with Crippen LogP contribution in [0.25, 0.3) is 0 Å². The second-order valence-corrected chi connectivity index (χ2v) is 16.8. The van der Waals surface area contributed by atoms with Gasteiger partial charge in [0.2, 0.25) is 0 Å². The molecule has 1 fully saturated rings. The van der Waals surface area contributed by atoms with E-state index in [9.17, 15) is 37.9 Å². The van der Waals surface area contributed by atoms with Gasteiger partial charge in [0.1, 0.15) is 31.0 Å². The Balaban J connectivity index is 2.46. The fourth-order valence-corrected chi connectivity index (χ4v) is 7.47. The summed E-state index contributed by atoms with van der Waals surface area (Å²) in [4.78, 5) is 25.3. The molecule has 1 unspecified atom stereocenters. The molecule has 3 N–H and O–H groups in total. The summed E-state index contributed by atoms with van der Waals surface area (Å²) in [5.74, 6) is -2.09. The first-order valence-corrected chi connectivity index (χ1v) is 23.2. The Bertz CT molecular complexity index is 1030. The number of hydrogen-bond acceptors (Lipinski definition) is 12. The molecule has 13 heteroatoms. The molecule has 0 spiro atoms. The lowest BCUT2D eigenvalue weighted by Crippen LogP contribution is -2.60. The van der Waals surface area contributed by atoms with Gasteiger partial charge in [0, 0.05) is 12.8 Å². The van der Waals surface area contributed by atoms with Crippen LogP contribution in [0.1, 0.15) is 194 Å². The molecule has 1 saturated heterocycles. The monoisotopic (exact) mass is 794 g/mol. The highest BCUT2D eigenvalue weighted by Gasteiger charge is 2.45. The number of aliphatic hydroxyl groups excluding tert-OH is 3. The lowest BCUT2D eigenvalue weighted by molar-refractivity contribution is -0.297. The van der Waals surface area contributed by atoms with Crippen LogP contribution in [0.4, 0.5) is 0 Å². The minimum absolute atomic E-state index is 0.165. The van der Waals surface area contributed by atoms with Gasteiger partial charge in [-0.15, -0.1) is 0 Å². The molecule has 0 saturated carbocycles. The number of ether oxygens (including phenoxy) is 4. The van der Waals surface area contributed by atoms with Gasteiger partial charge < -0.3 is 38.8 Å². The van der Waals surface area contributed by atoms with E-state index in [4.69, 9.17) is 18.9 Å². The van der Waals surface area contributed by atoms with Crippen LogP contribution in [-0.4, -0.2) is 96.0 Å². The van der Waals surface area contributed by atoms with E-state index in [1.807, 2.05) is 0 Å². The third-order valence-electron chi connectivity index (χ3n) is 10.2.